The van der Waals surface area contributed by atoms with Gasteiger partial charge in [0.2, 0.25) is 0 Å². The standard InChI is InChI=1S/C13H21N3O3/c1-11(16-3-6-18-7-4-16)8-14-13(17)15-9-12-2-5-19-10-12/h2,5,10-11H,3-4,6-9H2,1H3,(H2,14,15,17)/t11-/m0/s1. The SMILES string of the molecule is C[C@@H](CNC(=O)NCc1ccoc1)N1CCOCC1. The second-order valence-electron chi connectivity index (χ2n) is 4.69. The minimum Gasteiger partial charge on any atom is -0.472 e. The Kier molecular flexibility index (Phi) is 5.23. The molecular weight excluding hydrogens is 246 g/mol. The lowest BCUT2D eigenvalue weighted by Crippen LogP contribution is -2.48. The van der Waals surface area contributed by atoms with E-state index in [0.717, 1.165) is 31.9 Å². The zero-order chi connectivity index (χ0) is 13.5. The number of amides is 2. The van der Waals surface area contributed by atoms with Crippen LogP contribution in [-0.2, 0) is 11.3 Å². The van der Waals surface area contributed by atoms with Gasteiger partial charge in [-0.2, -0.15) is 0 Å². The highest BCUT2D eigenvalue weighted by atomic mass is 16.5. The van der Waals surface area contributed by atoms with Crippen molar-refractivity contribution in [1.82, 2.24) is 15.5 Å². The first-order valence-corrected chi connectivity index (χ1v) is 6.60. The van der Waals surface area contributed by atoms with E-state index in [9.17, 15) is 4.79 Å². The number of carbonyl (C=O) groups excluding carboxylic acids is 1. The van der Waals surface area contributed by atoms with Crippen molar-refractivity contribution in [3.8, 4) is 0 Å². The van der Waals surface area contributed by atoms with E-state index >= 15 is 0 Å². The highest BCUT2D eigenvalue weighted by Gasteiger charge is 2.17. The Hall–Kier alpha value is -1.53. The third kappa shape index (κ3) is 4.57. The van der Waals surface area contributed by atoms with Crippen molar-refractivity contribution in [1.29, 1.82) is 0 Å². The summed E-state index contributed by atoms with van der Waals surface area (Å²) in [5.41, 5.74) is 0.955. The Morgan fingerprint density at radius 3 is 2.89 bits per heavy atom. The zero-order valence-electron chi connectivity index (χ0n) is 11.2. The molecule has 2 heterocycles. The van der Waals surface area contributed by atoms with E-state index in [1.807, 2.05) is 6.07 Å². The summed E-state index contributed by atoms with van der Waals surface area (Å²) in [5.74, 6) is 0. The molecule has 0 unspecified atom stereocenters. The first-order valence-electron chi connectivity index (χ1n) is 6.60. The third-order valence-corrected chi connectivity index (χ3v) is 3.26. The maximum absolute atomic E-state index is 11.6. The van der Waals surface area contributed by atoms with Crippen molar-refractivity contribution in [2.45, 2.75) is 19.5 Å². The molecule has 2 rings (SSSR count). The van der Waals surface area contributed by atoms with Gasteiger partial charge in [0, 0.05) is 37.8 Å². The van der Waals surface area contributed by atoms with Crippen molar-refractivity contribution in [2.24, 2.45) is 0 Å². The van der Waals surface area contributed by atoms with Crippen LogP contribution in [0.5, 0.6) is 0 Å². The van der Waals surface area contributed by atoms with Crippen LogP contribution in [0, 0.1) is 0 Å². The van der Waals surface area contributed by atoms with E-state index in [0.29, 0.717) is 19.1 Å². The van der Waals surface area contributed by atoms with Crippen LogP contribution in [0.3, 0.4) is 0 Å². The minimum absolute atomic E-state index is 0.152. The van der Waals surface area contributed by atoms with Gasteiger partial charge in [0.15, 0.2) is 0 Å². The fourth-order valence-electron chi connectivity index (χ4n) is 2.03. The van der Waals surface area contributed by atoms with Gasteiger partial charge in [-0.3, -0.25) is 4.90 Å². The van der Waals surface area contributed by atoms with Crippen LogP contribution in [0.1, 0.15) is 12.5 Å². The van der Waals surface area contributed by atoms with Crippen molar-refractivity contribution in [3.05, 3.63) is 24.2 Å². The number of hydrogen-bond donors (Lipinski definition) is 2. The molecule has 0 radical (unpaired) electrons. The zero-order valence-corrected chi connectivity index (χ0v) is 11.2. The number of carbonyl (C=O) groups is 1. The van der Waals surface area contributed by atoms with Crippen LogP contribution < -0.4 is 10.6 Å². The van der Waals surface area contributed by atoms with E-state index in [2.05, 4.69) is 22.5 Å². The molecule has 6 nitrogen and oxygen atoms in total. The molecule has 1 aromatic rings. The van der Waals surface area contributed by atoms with E-state index in [4.69, 9.17) is 9.15 Å². The number of nitrogens with zero attached hydrogens (tertiary/aromatic N) is 1. The van der Waals surface area contributed by atoms with Crippen LogP contribution in [-0.4, -0.2) is 49.8 Å². The van der Waals surface area contributed by atoms with E-state index in [1.54, 1.807) is 12.5 Å². The van der Waals surface area contributed by atoms with Gasteiger partial charge in [0.25, 0.3) is 0 Å². The average molecular weight is 267 g/mol. The summed E-state index contributed by atoms with van der Waals surface area (Å²) in [4.78, 5) is 13.9. The fraction of sp³-hybridized carbons (Fsp3) is 0.615. The van der Waals surface area contributed by atoms with Crippen LogP contribution in [0.25, 0.3) is 0 Å². The molecule has 1 atom stereocenters. The summed E-state index contributed by atoms with van der Waals surface area (Å²) in [6, 6.07) is 2.00. The molecule has 1 aromatic heterocycles. The topological polar surface area (TPSA) is 66.7 Å². The first-order chi connectivity index (χ1) is 9.25. The monoisotopic (exact) mass is 267 g/mol. The molecule has 2 amide bonds. The lowest BCUT2D eigenvalue weighted by atomic mass is 10.2. The van der Waals surface area contributed by atoms with E-state index in [-0.39, 0.29) is 6.03 Å². The maximum Gasteiger partial charge on any atom is 0.315 e. The van der Waals surface area contributed by atoms with Gasteiger partial charge in [-0.05, 0) is 13.0 Å². The van der Waals surface area contributed by atoms with Gasteiger partial charge < -0.3 is 19.8 Å². The second kappa shape index (κ2) is 7.16. The Morgan fingerprint density at radius 2 is 2.21 bits per heavy atom. The summed E-state index contributed by atoms with van der Waals surface area (Å²) >= 11 is 0. The lowest BCUT2D eigenvalue weighted by molar-refractivity contribution is 0.0209. The largest absolute Gasteiger partial charge is 0.472 e. The fourth-order valence-corrected chi connectivity index (χ4v) is 2.03. The predicted octanol–water partition coefficient (Wildman–Crippen LogP) is 0.799. The second-order valence-corrected chi connectivity index (χ2v) is 4.69. The van der Waals surface area contributed by atoms with Crippen LogP contribution in [0.4, 0.5) is 4.79 Å². The number of urea groups is 1. The van der Waals surface area contributed by atoms with Crippen molar-refractivity contribution in [3.63, 3.8) is 0 Å². The Labute approximate surface area is 113 Å². The molecule has 0 aliphatic carbocycles. The molecule has 19 heavy (non-hydrogen) atoms. The number of nitrogens with one attached hydrogen (secondary N) is 2. The molecule has 1 saturated heterocycles. The summed E-state index contributed by atoms with van der Waals surface area (Å²) in [6.45, 7) is 6.64. The molecular formula is C13H21N3O3. The summed E-state index contributed by atoms with van der Waals surface area (Å²) < 4.78 is 10.2. The minimum atomic E-state index is -0.152. The number of morpholine rings is 1. The molecule has 0 saturated carbocycles. The number of hydrogen-bond acceptors (Lipinski definition) is 4. The van der Waals surface area contributed by atoms with Gasteiger partial charge >= 0.3 is 6.03 Å². The molecule has 106 valence electrons. The van der Waals surface area contributed by atoms with Crippen LogP contribution in [0.15, 0.2) is 23.0 Å². The maximum atomic E-state index is 11.6. The quantitative estimate of drug-likeness (QED) is 0.828. The first kappa shape index (κ1) is 13.9. The summed E-state index contributed by atoms with van der Waals surface area (Å²) in [5, 5.41) is 5.67. The summed E-state index contributed by atoms with van der Waals surface area (Å²) in [6.07, 6.45) is 3.21. The third-order valence-electron chi connectivity index (χ3n) is 3.26. The van der Waals surface area contributed by atoms with Gasteiger partial charge in [0.1, 0.15) is 0 Å². The van der Waals surface area contributed by atoms with Gasteiger partial charge in [-0.1, -0.05) is 0 Å². The smallest absolute Gasteiger partial charge is 0.315 e. The molecule has 1 aliphatic rings. The molecule has 2 N–H and O–H groups in total. The number of furan rings is 1. The molecule has 6 heteroatoms. The Balaban J connectivity index is 1.62. The molecule has 1 fully saturated rings. The molecule has 0 spiro atoms. The Bertz CT molecular complexity index is 374. The molecule has 1 aliphatic heterocycles. The van der Waals surface area contributed by atoms with Crippen molar-refractivity contribution in [2.75, 3.05) is 32.8 Å². The highest BCUT2D eigenvalue weighted by molar-refractivity contribution is 5.73. The van der Waals surface area contributed by atoms with Gasteiger partial charge in [0.05, 0.1) is 25.7 Å². The van der Waals surface area contributed by atoms with E-state index < -0.39 is 0 Å². The van der Waals surface area contributed by atoms with Crippen molar-refractivity contribution >= 4 is 6.03 Å². The molecule has 0 aromatic carbocycles. The average Bonchev–Trinajstić information content (AvgIpc) is 2.96. The van der Waals surface area contributed by atoms with Gasteiger partial charge in [-0.15, -0.1) is 0 Å². The summed E-state index contributed by atoms with van der Waals surface area (Å²) in [7, 11) is 0. The van der Waals surface area contributed by atoms with Crippen LogP contribution >= 0.6 is 0 Å². The Morgan fingerprint density at radius 1 is 1.42 bits per heavy atom. The normalized spacial score (nSPS) is 17.9. The number of ether oxygens (including phenoxy) is 1. The lowest BCUT2D eigenvalue weighted by Gasteiger charge is -2.32. The molecule has 0 bridgehead atoms. The van der Waals surface area contributed by atoms with Gasteiger partial charge in [-0.25, -0.2) is 4.79 Å². The highest BCUT2D eigenvalue weighted by Crippen LogP contribution is 2.02. The van der Waals surface area contributed by atoms with E-state index in [1.165, 1.54) is 0 Å². The predicted molar refractivity (Wildman–Crippen MR) is 70.8 cm³/mol. The number of rotatable bonds is 5. The van der Waals surface area contributed by atoms with Crippen molar-refractivity contribution < 1.29 is 13.9 Å². The van der Waals surface area contributed by atoms with Crippen LogP contribution in [0.2, 0.25) is 0 Å².